The van der Waals surface area contributed by atoms with Crippen LogP contribution < -0.4 is 10.6 Å². The molecule has 1 fully saturated rings. The van der Waals surface area contributed by atoms with E-state index < -0.39 is 0 Å². The van der Waals surface area contributed by atoms with Gasteiger partial charge >= 0.3 is 0 Å². The third-order valence-corrected chi connectivity index (χ3v) is 5.15. The molecule has 0 saturated carbocycles. The molecule has 20 heavy (non-hydrogen) atoms. The maximum absolute atomic E-state index is 6.07. The maximum atomic E-state index is 6.07. The van der Waals surface area contributed by atoms with Crippen LogP contribution in [0, 0.1) is 0 Å². The normalized spacial score (nSPS) is 19.4. The summed E-state index contributed by atoms with van der Waals surface area (Å²) in [4.78, 5) is 4.00. The van der Waals surface area contributed by atoms with E-state index in [0.717, 1.165) is 5.75 Å². The summed E-state index contributed by atoms with van der Waals surface area (Å²) < 4.78 is 0. The predicted molar refractivity (Wildman–Crippen MR) is 90.6 cm³/mol. The molecule has 0 radical (unpaired) electrons. The Morgan fingerprint density at radius 2 is 2.15 bits per heavy atom. The molecular weight excluding hydrogens is 264 g/mol. The monoisotopic (exact) mass is 292 g/mol. The second-order valence-electron chi connectivity index (χ2n) is 5.52. The van der Waals surface area contributed by atoms with Gasteiger partial charge in [-0.15, -0.1) is 11.8 Å². The molecule has 1 aromatic rings. The molecule has 1 heterocycles. The van der Waals surface area contributed by atoms with Crippen LogP contribution >= 0.6 is 11.8 Å². The molecule has 2 nitrogen and oxygen atoms in total. The van der Waals surface area contributed by atoms with Gasteiger partial charge in [0, 0.05) is 35.3 Å². The number of rotatable bonds is 6. The fourth-order valence-electron chi connectivity index (χ4n) is 3.27. The van der Waals surface area contributed by atoms with Crippen molar-refractivity contribution in [1.82, 2.24) is 0 Å². The van der Waals surface area contributed by atoms with E-state index in [4.69, 9.17) is 5.73 Å². The molecule has 1 aromatic carbocycles. The number of benzene rings is 1. The van der Waals surface area contributed by atoms with Crippen molar-refractivity contribution in [3.8, 4) is 0 Å². The first-order valence-corrected chi connectivity index (χ1v) is 9.01. The fourth-order valence-corrected chi connectivity index (χ4v) is 4.12. The highest BCUT2D eigenvalue weighted by molar-refractivity contribution is 7.99. The zero-order valence-electron chi connectivity index (χ0n) is 12.9. The van der Waals surface area contributed by atoms with E-state index in [2.05, 4.69) is 36.9 Å². The Labute approximate surface area is 128 Å². The van der Waals surface area contributed by atoms with Crippen molar-refractivity contribution in [2.24, 2.45) is 5.73 Å². The molecule has 0 aliphatic carbocycles. The summed E-state index contributed by atoms with van der Waals surface area (Å²) in [5.41, 5.74) is 8.81. The van der Waals surface area contributed by atoms with Gasteiger partial charge in [0.1, 0.15) is 0 Å². The Morgan fingerprint density at radius 3 is 2.85 bits per heavy atom. The van der Waals surface area contributed by atoms with Crippen molar-refractivity contribution in [3.05, 3.63) is 23.8 Å². The summed E-state index contributed by atoms with van der Waals surface area (Å²) >= 11 is 1.91. The Morgan fingerprint density at radius 1 is 1.30 bits per heavy atom. The summed E-state index contributed by atoms with van der Waals surface area (Å²) in [5, 5.41) is 0. The van der Waals surface area contributed by atoms with Gasteiger partial charge in [0.2, 0.25) is 0 Å². The molecule has 0 bridgehead atoms. The van der Waals surface area contributed by atoms with Crippen molar-refractivity contribution in [1.29, 1.82) is 0 Å². The molecule has 1 unspecified atom stereocenters. The minimum atomic E-state index is 0.647. The second kappa shape index (κ2) is 7.94. The Bertz CT molecular complexity index is 417. The van der Waals surface area contributed by atoms with Crippen molar-refractivity contribution >= 4 is 17.4 Å². The van der Waals surface area contributed by atoms with Gasteiger partial charge in [-0.05, 0) is 43.6 Å². The van der Waals surface area contributed by atoms with Crippen molar-refractivity contribution in [2.75, 3.05) is 17.2 Å². The van der Waals surface area contributed by atoms with Crippen LogP contribution in [0.4, 0.5) is 5.69 Å². The number of hydrogen-bond donors (Lipinski definition) is 1. The van der Waals surface area contributed by atoms with Crippen LogP contribution in [0.3, 0.4) is 0 Å². The number of thioether (sulfide) groups is 1. The molecule has 1 atom stereocenters. The van der Waals surface area contributed by atoms with Gasteiger partial charge in [0.25, 0.3) is 0 Å². The largest absolute Gasteiger partial charge is 0.368 e. The zero-order valence-corrected chi connectivity index (χ0v) is 13.7. The molecule has 3 heteroatoms. The molecule has 112 valence electrons. The van der Waals surface area contributed by atoms with Crippen LogP contribution in [0.1, 0.15) is 51.5 Å². The lowest BCUT2D eigenvalue weighted by Gasteiger charge is -2.39. The predicted octanol–water partition coefficient (Wildman–Crippen LogP) is 4.42. The van der Waals surface area contributed by atoms with Gasteiger partial charge < -0.3 is 10.6 Å². The van der Waals surface area contributed by atoms with Crippen LogP contribution in [-0.2, 0) is 6.54 Å². The highest BCUT2D eigenvalue weighted by Crippen LogP contribution is 2.34. The number of anilines is 1. The van der Waals surface area contributed by atoms with Crippen LogP contribution in [0.25, 0.3) is 0 Å². The lowest BCUT2D eigenvalue weighted by Crippen LogP contribution is -2.40. The summed E-state index contributed by atoms with van der Waals surface area (Å²) in [7, 11) is 0. The lowest BCUT2D eigenvalue weighted by atomic mass is 9.96. The van der Waals surface area contributed by atoms with E-state index >= 15 is 0 Å². The first-order valence-electron chi connectivity index (χ1n) is 8.03. The minimum absolute atomic E-state index is 0.647. The molecular formula is C17H28N2S. The standard InChI is InChI=1S/C17H28N2S/c1-3-8-14-9-5-6-12-19(14)16-10-7-11-17(20-4-2)15(16)13-18/h7,10-11,14H,3-6,8-9,12-13,18H2,1-2H3. The molecule has 2 N–H and O–H groups in total. The van der Waals surface area contributed by atoms with E-state index in [1.807, 2.05) is 11.8 Å². The van der Waals surface area contributed by atoms with Gasteiger partial charge in [-0.1, -0.05) is 26.3 Å². The lowest BCUT2D eigenvalue weighted by molar-refractivity contribution is 0.433. The van der Waals surface area contributed by atoms with E-state index in [1.165, 1.54) is 54.8 Å². The van der Waals surface area contributed by atoms with Crippen molar-refractivity contribution < 1.29 is 0 Å². The van der Waals surface area contributed by atoms with Crippen LogP contribution in [0.15, 0.2) is 23.1 Å². The van der Waals surface area contributed by atoms with Crippen molar-refractivity contribution in [2.45, 2.75) is 63.4 Å². The van der Waals surface area contributed by atoms with E-state index in [1.54, 1.807) is 0 Å². The summed E-state index contributed by atoms with van der Waals surface area (Å²) in [6.07, 6.45) is 6.60. The average molecular weight is 292 g/mol. The highest BCUT2D eigenvalue weighted by atomic mass is 32.2. The molecule has 2 rings (SSSR count). The Hall–Kier alpha value is -0.670. The fraction of sp³-hybridized carbons (Fsp3) is 0.647. The topological polar surface area (TPSA) is 29.3 Å². The van der Waals surface area contributed by atoms with E-state index in [-0.39, 0.29) is 0 Å². The smallest absolute Gasteiger partial charge is 0.0425 e. The number of piperidine rings is 1. The Balaban J connectivity index is 2.31. The number of nitrogens with two attached hydrogens (primary N) is 1. The zero-order chi connectivity index (χ0) is 14.4. The first-order chi connectivity index (χ1) is 9.81. The minimum Gasteiger partial charge on any atom is -0.368 e. The van der Waals surface area contributed by atoms with Crippen LogP contribution in [-0.4, -0.2) is 18.3 Å². The Kier molecular flexibility index (Phi) is 6.24. The summed E-state index contributed by atoms with van der Waals surface area (Å²) in [6, 6.07) is 7.40. The van der Waals surface area contributed by atoms with E-state index in [9.17, 15) is 0 Å². The van der Waals surface area contributed by atoms with Gasteiger partial charge in [-0.3, -0.25) is 0 Å². The van der Waals surface area contributed by atoms with E-state index in [0.29, 0.717) is 12.6 Å². The second-order valence-corrected chi connectivity index (χ2v) is 6.83. The third kappa shape index (κ3) is 3.50. The van der Waals surface area contributed by atoms with Gasteiger partial charge in [-0.25, -0.2) is 0 Å². The van der Waals surface area contributed by atoms with Gasteiger partial charge in [-0.2, -0.15) is 0 Å². The average Bonchev–Trinajstić information content (AvgIpc) is 2.48. The molecule has 1 saturated heterocycles. The van der Waals surface area contributed by atoms with Crippen LogP contribution in [0.2, 0.25) is 0 Å². The van der Waals surface area contributed by atoms with Gasteiger partial charge in [0.15, 0.2) is 0 Å². The SMILES string of the molecule is CCCC1CCCCN1c1cccc(SCC)c1CN. The highest BCUT2D eigenvalue weighted by Gasteiger charge is 2.24. The quantitative estimate of drug-likeness (QED) is 0.787. The molecule has 0 aromatic heterocycles. The van der Waals surface area contributed by atoms with Gasteiger partial charge in [0.05, 0.1) is 0 Å². The third-order valence-electron chi connectivity index (χ3n) is 4.17. The van der Waals surface area contributed by atoms with Crippen molar-refractivity contribution in [3.63, 3.8) is 0 Å². The number of hydrogen-bond acceptors (Lipinski definition) is 3. The van der Waals surface area contributed by atoms with Crippen LogP contribution in [0.5, 0.6) is 0 Å². The maximum Gasteiger partial charge on any atom is 0.0425 e. The number of nitrogens with zero attached hydrogens (tertiary/aromatic N) is 1. The first kappa shape index (κ1) is 15.7. The summed E-state index contributed by atoms with van der Waals surface area (Å²) in [5.74, 6) is 1.11. The summed E-state index contributed by atoms with van der Waals surface area (Å²) in [6.45, 7) is 6.34. The molecule has 1 aliphatic heterocycles. The molecule has 0 spiro atoms. The molecule has 1 aliphatic rings. The molecule has 0 amide bonds.